The van der Waals surface area contributed by atoms with E-state index < -0.39 is 35.6 Å². The lowest BCUT2D eigenvalue weighted by atomic mass is 9.98. The maximum absolute atomic E-state index is 3.93. The Bertz CT molecular complexity index is 765. The molecule has 0 spiro atoms. The SMILES string of the molecule is Br[C]1C(Br)(Br)C(Br)(Br)C(Br)(Br)C(Br)(Br)C(Br)(Br)C(Br)(Br)C(Br)(Br)C(Br)(Br)C(Br)(Br)C(Br)(Br)C1(Br)Br. The van der Waals surface area contributed by atoms with Crippen LogP contribution in [0.15, 0.2) is 0 Å². The van der Waals surface area contributed by atoms with Crippen molar-refractivity contribution in [2.24, 2.45) is 0 Å². The molecule has 0 amide bonds. The van der Waals surface area contributed by atoms with Crippen LogP contribution in [0.4, 0.5) is 0 Å². The molecular formula is C12Br23. The van der Waals surface area contributed by atoms with E-state index >= 15 is 0 Å². The zero-order valence-corrected chi connectivity index (χ0v) is 51.2. The first-order chi connectivity index (χ1) is 14.7. The molecule has 23 heteroatoms. The summed E-state index contributed by atoms with van der Waals surface area (Å²) in [5, 5.41) is 0. The minimum absolute atomic E-state index is 0.646. The molecule has 1 fully saturated rings. The van der Waals surface area contributed by atoms with Gasteiger partial charge in [0.1, 0.15) is 40.4 Å². The van der Waals surface area contributed by atoms with Crippen LogP contribution in [0.3, 0.4) is 0 Å². The molecule has 35 heavy (non-hydrogen) atoms. The summed E-state index contributed by atoms with van der Waals surface area (Å²) in [5.41, 5.74) is 0. The first kappa shape index (κ1) is 44.1. The Labute approximate surface area is 397 Å². The highest BCUT2D eigenvalue weighted by Crippen LogP contribution is 2.83. The van der Waals surface area contributed by atoms with E-state index in [2.05, 4.69) is 366 Å². The van der Waals surface area contributed by atoms with Crippen molar-refractivity contribution < 1.29 is 0 Å². The van der Waals surface area contributed by atoms with E-state index in [9.17, 15) is 0 Å². The predicted molar refractivity (Wildman–Crippen MR) is 239 cm³/mol. The van der Waals surface area contributed by atoms with E-state index in [-0.39, 0.29) is 0 Å². The van der Waals surface area contributed by atoms with Crippen molar-refractivity contribution in [3.8, 4) is 0 Å². The summed E-state index contributed by atoms with van der Waals surface area (Å²) in [6, 6.07) is 0. The first-order valence-corrected chi connectivity index (χ1v) is 25.6. The maximum atomic E-state index is 3.93. The van der Waals surface area contributed by atoms with Crippen LogP contribution in [0.5, 0.6) is 0 Å². The molecule has 0 N–H and O–H groups in total. The minimum atomic E-state index is -1.10. The molecule has 1 saturated carbocycles. The number of rotatable bonds is 0. The van der Waals surface area contributed by atoms with E-state index in [4.69, 9.17) is 0 Å². The fourth-order valence-electron chi connectivity index (χ4n) is 2.25. The van der Waals surface area contributed by atoms with Gasteiger partial charge in [-0.1, -0.05) is 366 Å². The maximum Gasteiger partial charge on any atom is 0.135 e. The van der Waals surface area contributed by atoms with Crippen LogP contribution in [0.1, 0.15) is 0 Å². The third-order valence-electron chi connectivity index (χ3n) is 4.49. The molecular weight excluding hydrogens is 1980 g/mol. The highest BCUT2D eigenvalue weighted by atomic mass is 80.0. The van der Waals surface area contributed by atoms with Gasteiger partial charge in [-0.3, -0.25) is 0 Å². The van der Waals surface area contributed by atoms with Crippen molar-refractivity contribution >= 4 is 366 Å². The monoisotopic (exact) mass is 1960 g/mol. The topological polar surface area (TPSA) is 0 Å². The summed E-state index contributed by atoms with van der Waals surface area (Å²) in [6.45, 7) is 0. The second kappa shape index (κ2) is 13.6. The van der Waals surface area contributed by atoms with Crippen molar-refractivity contribution in [2.75, 3.05) is 0 Å². The Morgan fingerprint density at radius 1 is 0.229 bits per heavy atom. The summed E-state index contributed by atoms with van der Waals surface area (Å²) in [7, 11) is 0. The van der Waals surface area contributed by atoms with Crippen LogP contribution >= 0.6 is 366 Å². The normalized spacial score (nSPS) is 33.7. The molecule has 1 aliphatic rings. The van der Waals surface area contributed by atoms with E-state index in [1.807, 2.05) is 0 Å². The van der Waals surface area contributed by atoms with Crippen LogP contribution < -0.4 is 0 Å². The minimum Gasteiger partial charge on any atom is -0.0785 e. The average Bonchev–Trinajstić information content (AvgIpc) is 2.64. The van der Waals surface area contributed by atoms with E-state index in [0.29, 0.717) is 4.83 Å². The van der Waals surface area contributed by atoms with Crippen molar-refractivity contribution in [1.29, 1.82) is 0 Å². The number of alkyl halides is 22. The zero-order valence-electron chi connectivity index (χ0n) is 14.7. The molecule has 0 unspecified atom stereocenters. The van der Waals surface area contributed by atoms with Crippen molar-refractivity contribution in [2.45, 2.75) is 35.6 Å². The van der Waals surface area contributed by atoms with E-state index in [0.717, 1.165) is 0 Å². The van der Waals surface area contributed by atoms with Gasteiger partial charge in [-0.05, 0) is 0 Å². The van der Waals surface area contributed by atoms with Crippen LogP contribution in [0.25, 0.3) is 0 Å². The smallest absolute Gasteiger partial charge is 0.0785 e. The highest BCUT2D eigenvalue weighted by Gasteiger charge is 2.83. The van der Waals surface area contributed by atoms with Gasteiger partial charge in [0.05, 0.1) is 0 Å². The molecule has 0 aromatic carbocycles. The lowest BCUT2D eigenvalue weighted by molar-refractivity contribution is 0.526. The molecule has 0 aliphatic heterocycles. The third kappa shape index (κ3) is 6.53. The average molecular weight is 1980 g/mol. The van der Waals surface area contributed by atoms with E-state index in [1.54, 1.807) is 0 Å². The standard InChI is InChI=1S/C12Br23/c13-1-2(14,15)4(18,19)6(22,23)8(26,27)10(30,31)12(34,35)11(32,33)9(28,29)7(24,25)5(20,21)3(1,16)17. The van der Waals surface area contributed by atoms with Crippen LogP contribution in [0.2, 0.25) is 0 Å². The Morgan fingerprint density at radius 2 is 0.343 bits per heavy atom. The molecule has 0 bridgehead atoms. The second-order valence-electron chi connectivity index (χ2n) is 6.63. The fraction of sp³-hybridized carbons (Fsp3) is 0.917. The molecule has 1 radical (unpaired) electrons. The predicted octanol–water partition coefficient (Wildman–Crippen LogP) is 17.3. The summed E-state index contributed by atoms with van der Waals surface area (Å²) in [4.78, 5) is 0.646. The van der Waals surface area contributed by atoms with Gasteiger partial charge >= 0.3 is 0 Å². The molecule has 0 nitrogen and oxygen atoms in total. The first-order valence-electron chi connectivity index (χ1n) is 7.35. The summed E-state index contributed by atoms with van der Waals surface area (Å²) in [5.74, 6) is 0. The summed E-state index contributed by atoms with van der Waals surface area (Å²) < 4.78 is -11.9. The van der Waals surface area contributed by atoms with Gasteiger partial charge in [0.15, 0.2) is 0 Å². The zero-order chi connectivity index (χ0) is 29.1. The van der Waals surface area contributed by atoms with Crippen molar-refractivity contribution in [3.63, 3.8) is 0 Å². The Kier molecular flexibility index (Phi) is 17.2. The molecule has 1 aliphatic carbocycles. The number of hydrogen-bond donors (Lipinski definition) is 0. The van der Waals surface area contributed by atoms with E-state index in [1.165, 1.54) is 0 Å². The van der Waals surface area contributed by atoms with Gasteiger partial charge in [0, 0.05) is 0 Å². The van der Waals surface area contributed by atoms with Crippen LogP contribution in [-0.4, -0.2) is 35.6 Å². The molecule has 0 heterocycles. The third-order valence-corrected chi connectivity index (χ3v) is 54.5. The summed E-state index contributed by atoms with van der Waals surface area (Å²) in [6.07, 6.45) is 0. The van der Waals surface area contributed by atoms with Gasteiger partial charge < -0.3 is 0 Å². The van der Waals surface area contributed by atoms with Crippen LogP contribution in [-0.2, 0) is 0 Å². The Hall–Kier alpha value is 11.0. The molecule has 0 saturated heterocycles. The summed E-state index contributed by atoms with van der Waals surface area (Å²) >= 11 is 89.9. The fourth-order valence-corrected chi connectivity index (χ4v) is 27.2. The van der Waals surface area contributed by atoms with Gasteiger partial charge in [-0.15, -0.1) is 0 Å². The number of hydrogen-bond acceptors (Lipinski definition) is 0. The second-order valence-corrected chi connectivity index (χ2v) is 45.3. The van der Waals surface area contributed by atoms with Crippen molar-refractivity contribution in [3.05, 3.63) is 4.83 Å². The van der Waals surface area contributed by atoms with Gasteiger partial charge in [-0.25, -0.2) is 0 Å². The van der Waals surface area contributed by atoms with Gasteiger partial charge in [0.25, 0.3) is 0 Å². The largest absolute Gasteiger partial charge is 0.135 e. The molecule has 209 valence electrons. The lowest BCUT2D eigenvalue weighted by Gasteiger charge is -2.62. The Morgan fingerprint density at radius 3 is 0.486 bits per heavy atom. The number of halogens is 23. The van der Waals surface area contributed by atoms with Gasteiger partial charge in [0.2, 0.25) is 0 Å². The van der Waals surface area contributed by atoms with Crippen LogP contribution in [0, 0.1) is 4.83 Å². The lowest BCUT2D eigenvalue weighted by Crippen LogP contribution is -2.73. The molecule has 0 atom stereocenters. The Balaban J connectivity index is 4.45. The molecule has 1 rings (SSSR count). The molecule has 0 aromatic rings. The molecule has 0 aromatic heterocycles. The highest BCUT2D eigenvalue weighted by molar-refractivity contribution is 9.38. The van der Waals surface area contributed by atoms with Gasteiger partial charge in [-0.2, -0.15) is 0 Å². The quantitative estimate of drug-likeness (QED) is 0.212. The van der Waals surface area contributed by atoms with Crippen molar-refractivity contribution in [1.82, 2.24) is 0 Å².